The molecule has 3 aromatic rings. The van der Waals surface area contributed by atoms with E-state index in [9.17, 15) is 10.1 Å². The van der Waals surface area contributed by atoms with E-state index in [1.807, 2.05) is 19.1 Å². The van der Waals surface area contributed by atoms with Gasteiger partial charge in [-0.1, -0.05) is 6.92 Å². The lowest BCUT2D eigenvalue weighted by molar-refractivity contribution is 0.366. The molecule has 1 N–H and O–H groups in total. The molecule has 0 aliphatic carbocycles. The average Bonchev–Trinajstić information content (AvgIpc) is 2.77. The van der Waals surface area contributed by atoms with E-state index in [-0.39, 0.29) is 12.0 Å². The lowest BCUT2D eigenvalue weighted by Gasteiger charge is -2.23. The van der Waals surface area contributed by atoms with Crippen LogP contribution in [0.25, 0.3) is 10.9 Å². The van der Waals surface area contributed by atoms with Crippen LogP contribution in [0, 0.1) is 11.3 Å². The zero-order chi connectivity index (χ0) is 21.9. The van der Waals surface area contributed by atoms with Gasteiger partial charge in [-0.3, -0.25) is 4.79 Å². The maximum atomic E-state index is 12.3. The number of nitriles is 1. The number of pyridine rings is 1. The number of nitrogens with one attached hydrogen (secondary N) is 1. The van der Waals surface area contributed by atoms with Gasteiger partial charge in [0, 0.05) is 17.4 Å². The number of H-pyrrole nitrogens is 1. The van der Waals surface area contributed by atoms with Gasteiger partial charge < -0.3 is 19.2 Å². The van der Waals surface area contributed by atoms with Gasteiger partial charge in [-0.2, -0.15) is 15.2 Å². The number of hydrogen-bond acceptors (Lipinski definition) is 7. The Morgan fingerprint density at radius 2 is 1.73 bits per heavy atom. The summed E-state index contributed by atoms with van der Waals surface area (Å²) in [5.74, 6) is 1.69. The first-order valence-corrected chi connectivity index (χ1v) is 9.49. The summed E-state index contributed by atoms with van der Waals surface area (Å²) in [5, 5.41) is 10.8. The summed E-state index contributed by atoms with van der Waals surface area (Å²) in [5.41, 5.74) is 0.827. The van der Waals surface area contributed by atoms with E-state index in [2.05, 4.69) is 21.0 Å². The number of ether oxygens (including phenoxy) is 3. The van der Waals surface area contributed by atoms with E-state index in [0.717, 1.165) is 5.39 Å². The molecule has 0 aliphatic rings. The van der Waals surface area contributed by atoms with Crippen molar-refractivity contribution in [3.8, 4) is 23.6 Å². The topological polar surface area (TPSA) is 110 Å². The van der Waals surface area contributed by atoms with E-state index in [1.54, 1.807) is 26.2 Å². The molecule has 0 spiro atoms. The number of aryl methyl sites for hydroxylation is 1. The van der Waals surface area contributed by atoms with E-state index < -0.39 is 5.41 Å². The molecule has 2 heterocycles. The summed E-state index contributed by atoms with van der Waals surface area (Å²) in [6, 6.07) is 9.39. The molecular formula is C22H24N4O4. The Bertz CT molecular complexity index is 1160. The molecule has 1 atom stereocenters. The van der Waals surface area contributed by atoms with E-state index in [1.165, 1.54) is 14.2 Å². The lowest BCUT2D eigenvalue weighted by atomic mass is 9.80. The Kier molecular flexibility index (Phi) is 5.92. The first-order valence-electron chi connectivity index (χ1n) is 9.49. The third kappa shape index (κ3) is 3.92. The van der Waals surface area contributed by atoms with E-state index >= 15 is 0 Å². The predicted octanol–water partition coefficient (Wildman–Crippen LogP) is 2.93. The van der Waals surface area contributed by atoms with Crippen molar-refractivity contribution in [3.05, 3.63) is 51.6 Å². The van der Waals surface area contributed by atoms with Gasteiger partial charge in [0.2, 0.25) is 11.8 Å². The van der Waals surface area contributed by atoms with Crippen molar-refractivity contribution in [1.82, 2.24) is 15.0 Å². The molecule has 0 fully saturated rings. The Labute approximate surface area is 174 Å². The van der Waals surface area contributed by atoms with Gasteiger partial charge in [0.05, 0.1) is 44.4 Å². The van der Waals surface area contributed by atoms with Crippen LogP contribution in [-0.2, 0) is 18.3 Å². The fourth-order valence-corrected chi connectivity index (χ4v) is 3.33. The maximum absolute atomic E-state index is 12.3. The molecule has 30 heavy (non-hydrogen) atoms. The standard InChI is InChI=1S/C22H24N4O4/c1-6-13-7-15-16(24-21(13)27)8-14(9-17(15)28-3)22(2,12-23)11-18-25-19(29-4)10-20(26-18)30-5/h7-10H,6,11H2,1-5H3,(H,24,27)/t22-/m1/s1. The smallest absolute Gasteiger partial charge is 0.251 e. The van der Waals surface area contributed by atoms with Crippen LogP contribution in [0.5, 0.6) is 17.5 Å². The highest BCUT2D eigenvalue weighted by molar-refractivity contribution is 5.86. The van der Waals surface area contributed by atoms with E-state index in [4.69, 9.17) is 14.2 Å². The second kappa shape index (κ2) is 8.41. The number of aromatic amines is 1. The third-order valence-corrected chi connectivity index (χ3v) is 5.14. The Balaban J connectivity index is 2.14. The van der Waals surface area contributed by atoms with Crippen molar-refractivity contribution in [2.75, 3.05) is 21.3 Å². The minimum absolute atomic E-state index is 0.149. The van der Waals surface area contributed by atoms with Crippen LogP contribution in [-0.4, -0.2) is 36.3 Å². The molecule has 2 aromatic heterocycles. The van der Waals surface area contributed by atoms with Crippen LogP contribution in [0.3, 0.4) is 0 Å². The van der Waals surface area contributed by atoms with Gasteiger partial charge in [0.25, 0.3) is 5.56 Å². The zero-order valence-corrected chi connectivity index (χ0v) is 17.7. The molecule has 3 rings (SSSR count). The van der Waals surface area contributed by atoms with Crippen molar-refractivity contribution < 1.29 is 14.2 Å². The normalized spacial score (nSPS) is 12.8. The number of nitrogens with zero attached hydrogens (tertiary/aromatic N) is 3. The number of benzene rings is 1. The Morgan fingerprint density at radius 1 is 1.07 bits per heavy atom. The van der Waals surface area contributed by atoms with Crippen molar-refractivity contribution in [3.63, 3.8) is 0 Å². The molecule has 0 unspecified atom stereocenters. The Hall–Kier alpha value is -3.60. The minimum atomic E-state index is -0.987. The van der Waals surface area contributed by atoms with Gasteiger partial charge in [0.1, 0.15) is 11.6 Å². The zero-order valence-electron chi connectivity index (χ0n) is 17.7. The highest BCUT2D eigenvalue weighted by Crippen LogP contribution is 2.34. The molecule has 8 nitrogen and oxygen atoms in total. The predicted molar refractivity (Wildman–Crippen MR) is 112 cm³/mol. The fraction of sp³-hybridized carbons (Fsp3) is 0.364. The number of rotatable bonds is 7. The Morgan fingerprint density at radius 3 is 2.27 bits per heavy atom. The summed E-state index contributed by atoms with van der Waals surface area (Å²) in [6.45, 7) is 3.72. The SMILES string of the molecule is CCc1cc2c(OC)cc([C@@](C)(C#N)Cc3nc(OC)cc(OC)n3)cc2[nH]c1=O. The van der Waals surface area contributed by atoms with Crippen LogP contribution >= 0.6 is 0 Å². The molecule has 0 amide bonds. The quantitative estimate of drug-likeness (QED) is 0.640. The maximum Gasteiger partial charge on any atom is 0.251 e. The number of hydrogen-bond donors (Lipinski definition) is 1. The van der Waals surface area contributed by atoms with Gasteiger partial charge in [-0.15, -0.1) is 0 Å². The van der Waals surface area contributed by atoms with Crippen molar-refractivity contribution >= 4 is 10.9 Å². The van der Waals surface area contributed by atoms with Crippen LogP contribution in [0.4, 0.5) is 0 Å². The number of aromatic nitrogens is 3. The second-order valence-electron chi connectivity index (χ2n) is 7.11. The number of methoxy groups -OCH3 is 3. The summed E-state index contributed by atoms with van der Waals surface area (Å²) >= 11 is 0. The molecule has 0 saturated heterocycles. The van der Waals surface area contributed by atoms with Crippen LogP contribution in [0.1, 0.15) is 30.8 Å². The lowest BCUT2D eigenvalue weighted by Crippen LogP contribution is -2.25. The minimum Gasteiger partial charge on any atom is -0.496 e. The van der Waals surface area contributed by atoms with Crippen LogP contribution in [0.2, 0.25) is 0 Å². The molecule has 156 valence electrons. The first kappa shape index (κ1) is 21.1. The van der Waals surface area contributed by atoms with Gasteiger partial charge in [-0.05, 0) is 37.1 Å². The molecule has 0 bridgehead atoms. The molecule has 0 aliphatic heterocycles. The highest BCUT2D eigenvalue weighted by Gasteiger charge is 2.30. The molecule has 8 heteroatoms. The number of fused-ring (bicyclic) bond motifs is 1. The van der Waals surface area contributed by atoms with Crippen LogP contribution in [0.15, 0.2) is 29.1 Å². The summed E-state index contributed by atoms with van der Waals surface area (Å²) in [4.78, 5) is 23.9. The van der Waals surface area contributed by atoms with Crippen LogP contribution < -0.4 is 19.8 Å². The first-order chi connectivity index (χ1) is 14.4. The third-order valence-electron chi connectivity index (χ3n) is 5.14. The van der Waals surface area contributed by atoms with Crippen molar-refractivity contribution in [2.45, 2.75) is 32.1 Å². The average molecular weight is 408 g/mol. The highest BCUT2D eigenvalue weighted by atomic mass is 16.5. The molecular weight excluding hydrogens is 384 g/mol. The van der Waals surface area contributed by atoms with Crippen molar-refractivity contribution in [2.24, 2.45) is 0 Å². The summed E-state index contributed by atoms with van der Waals surface area (Å²) in [6.07, 6.45) is 0.824. The summed E-state index contributed by atoms with van der Waals surface area (Å²) < 4.78 is 16.0. The van der Waals surface area contributed by atoms with Gasteiger partial charge in [-0.25, -0.2) is 0 Å². The summed E-state index contributed by atoms with van der Waals surface area (Å²) in [7, 11) is 4.57. The van der Waals surface area contributed by atoms with Gasteiger partial charge >= 0.3 is 0 Å². The van der Waals surface area contributed by atoms with Gasteiger partial charge in [0.15, 0.2) is 0 Å². The van der Waals surface area contributed by atoms with Crippen molar-refractivity contribution in [1.29, 1.82) is 5.26 Å². The largest absolute Gasteiger partial charge is 0.496 e. The monoisotopic (exact) mass is 408 g/mol. The molecule has 0 saturated carbocycles. The molecule has 0 radical (unpaired) electrons. The fourth-order valence-electron chi connectivity index (χ4n) is 3.33. The second-order valence-corrected chi connectivity index (χ2v) is 7.11. The van der Waals surface area contributed by atoms with E-state index in [0.29, 0.717) is 46.4 Å². The molecule has 1 aromatic carbocycles.